The maximum Gasteiger partial charge on any atom is 0.220 e. The molecule has 0 radical (unpaired) electrons. The van der Waals surface area contributed by atoms with Crippen LogP contribution in [0.15, 0.2) is 85.1 Å². The SMILES string of the molecule is CC/C=C\C/C=C\C/C=C\C/C=C\C/C=C\CCCCCCCC(=O)NC(COC1OC(CO)C(O)C(O)C1O)C(O)/C=C/CC/C=C/CCCCCCCCCCCCCCCCCCCCCCCC. The van der Waals surface area contributed by atoms with Gasteiger partial charge in [0.15, 0.2) is 6.29 Å². The Morgan fingerprint density at radius 3 is 1.33 bits per heavy atom. The maximum atomic E-state index is 13.0. The van der Waals surface area contributed by atoms with E-state index < -0.39 is 49.5 Å². The van der Waals surface area contributed by atoms with Crippen LogP contribution in [-0.4, -0.2) is 87.5 Å². The molecule has 7 unspecified atom stereocenters. The van der Waals surface area contributed by atoms with Crippen LogP contribution in [0.2, 0.25) is 0 Å². The fraction of sp³-hybridized carbons (Fsp3) is 0.762. The van der Waals surface area contributed by atoms with Crippen molar-refractivity contribution in [3.8, 4) is 0 Å². The first-order valence-electron chi connectivity index (χ1n) is 29.8. The van der Waals surface area contributed by atoms with Gasteiger partial charge in [-0.3, -0.25) is 4.79 Å². The number of carbonyl (C=O) groups excluding carboxylic acids is 1. The molecular formula is C63H111NO8. The van der Waals surface area contributed by atoms with Gasteiger partial charge in [0.1, 0.15) is 24.4 Å². The van der Waals surface area contributed by atoms with Gasteiger partial charge in [-0.2, -0.15) is 0 Å². The molecule has 0 aromatic heterocycles. The fourth-order valence-electron chi connectivity index (χ4n) is 9.02. The predicted octanol–water partition coefficient (Wildman–Crippen LogP) is 15.0. The normalized spacial score (nSPS) is 19.8. The molecule has 0 aromatic rings. The fourth-order valence-corrected chi connectivity index (χ4v) is 9.02. The molecule has 72 heavy (non-hydrogen) atoms. The molecule has 0 saturated carbocycles. The first-order valence-corrected chi connectivity index (χ1v) is 29.8. The van der Waals surface area contributed by atoms with Crippen molar-refractivity contribution in [2.45, 2.75) is 294 Å². The van der Waals surface area contributed by atoms with Crippen molar-refractivity contribution in [1.29, 1.82) is 0 Å². The zero-order valence-electron chi connectivity index (χ0n) is 46.2. The first-order chi connectivity index (χ1) is 35.3. The summed E-state index contributed by atoms with van der Waals surface area (Å²) < 4.78 is 11.3. The van der Waals surface area contributed by atoms with Gasteiger partial charge < -0.3 is 40.3 Å². The van der Waals surface area contributed by atoms with Crippen LogP contribution in [0.5, 0.6) is 0 Å². The Labute approximate surface area is 441 Å². The minimum atomic E-state index is -1.58. The van der Waals surface area contributed by atoms with E-state index in [1.165, 1.54) is 141 Å². The van der Waals surface area contributed by atoms with Gasteiger partial charge in [-0.05, 0) is 77.0 Å². The van der Waals surface area contributed by atoms with Crippen LogP contribution in [0.1, 0.15) is 251 Å². The third kappa shape index (κ3) is 40.7. The molecule has 416 valence electrons. The average molecular weight is 1010 g/mol. The van der Waals surface area contributed by atoms with Gasteiger partial charge in [0.25, 0.3) is 0 Å². The standard InChI is InChI=1S/C63H111NO8/c1-3-5-7-9-11-13-15-17-19-21-23-25-26-27-28-29-30-31-33-34-36-38-40-42-44-46-48-50-52-57(66)56(55-71-63-62(70)61(69)60(68)58(54-65)72-63)64-59(67)53-51-49-47-45-43-41-39-37-35-32-24-22-20-18-16-14-12-10-8-6-4-2/h6,8,12,14,18,20,24,32,37,39,42,44,50,52,56-58,60-63,65-66,68-70H,3-5,7,9-11,13,15-17,19,21-23,25-31,33-36,38,40-41,43,45-49,51,53-55H2,1-2H3,(H,64,67)/b8-6-,14-12-,20-18-,32-24-,39-37-,44-42+,52-50+. The molecule has 9 heteroatoms. The molecule has 0 bridgehead atoms. The van der Waals surface area contributed by atoms with E-state index in [0.29, 0.717) is 6.42 Å². The minimum Gasteiger partial charge on any atom is -0.394 e. The smallest absolute Gasteiger partial charge is 0.220 e. The molecule has 1 fully saturated rings. The van der Waals surface area contributed by atoms with Crippen molar-refractivity contribution in [3.05, 3.63) is 85.1 Å². The van der Waals surface area contributed by atoms with E-state index in [0.717, 1.165) is 89.9 Å². The highest BCUT2D eigenvalue weighted by Crippen LogP contribution is 2.23. The maximum absolute atomic E-state index is 13.0. The molecule has 1 aliphatic rings. The lowest BCUT2D eigenvalue weighted by Crippen LogP contribution is -2.60. The van der Waals surface area contributed by atoms with Crippen LogP contribution < -0.4 is 5.32 Å². The van der Waals surface area contributed by atoms with Crippen molar-refractivity contribution in [2.75, 3.05) is 13.2 Å². The third-order valence-corrected chi connectivity index (χ3v) is 13.7. The van der Waals surface area contributed by atoms with Crippen LogP contribution in [0.4, 0.5) is 0 Å². The number of aliphatic hydroxyl groups excluding tert-OH is 5. The van der Waals surface area contributed by atoms with Gasteiger partial charge >= 0.3 is 0 Å². The van der Waals surface area contributed by atoms with Crippen LogP contribution in [-0.2, 0) is 14.3 Å². The summed E-state index contributed by atoms with van der Waals surface area (Å²) in [6.45, 7) is 3.65. The van der Waals surface area contributed by atoms with E-state index in [9.17, 15) is 30.3 Å². The monoisotopic (exact) mass is 1010 g/mol. The minimum absolute atomic E-state index is 0.207. The highest BCUT2D eigenvalue weighted by atomic mass is 16.7. The van der Waals surface area contributed by atoms with E-state index in [1.54, 1.807) is 6.08 Å². The van der Waals surface area contributed by atoms with Gasteiger partial charge in [-0.25, -0.2) is 0 Å². The Kier molecular flexibility index (Phi) is 48.5. The Bertz CT molecular complexity index is 1400. The molecule has 1 aliphatic heterocycles. The Morgan fingerprint density at radius 1 is 0.486 bits per heavy atom. The highest BCUT2D eigenvalue weighted by Gasteiger charge is 2.44. The summed E-state index contributed by atoms with van der Waals surface area (Å²) in [5, 5.41) is 54.5. The van der Waals surface area contributed by atoms with E-state index in [-0.39, 0.29) is 12.5 Å². The van der Waals surface area contributed by atoms with Gasteiger partial charge in [-0.15, -0.1) is 0 Å². The number of carbonyl (C=O) groups is 1. The lowest BCUT2D eigenvalue weighted by atomic mass is 9.99. The number of amides is 1. The molecule has 1 rings (SSSR count). The first kappa shape index (κ1) is 67.4. The van der Waals surface area contributed by atoms with E-state index >= 15 is 0 Å². The Balaban J connectivity index is 2.25. The largest absolute Gasteiger partial charge is 0.394 e. The lowest BCUT2D eigenvalue weighted by Gasteiger charge is -2.40. The average Bonchev–Trinajstić information content (AvgIpc) is 3.38. The zero-order valence-corrected chi connectivity index (χ0v) is 46.2. The molecule has 0 aliphatic carbocycles. The van der Waals surface area contributed by atoms with Crippen LogP contribution in [0.25, 0.3) is 0 Å². The number of hydrogen-bond donors (Lipinski definition) is 6. The van der Waals surface area contributed by atoms with Gasteiger partial charge in [0.2, 0.25) is 5.91 Å². The molecule has 1 heterocycles. The third-order valence-electron chi connectivity index (χ3n) is 13.7. The quantitative estimate of drug-likeness (QED) is 0.0261. The number of allylic oxidation sites excluding steroid dienone is 13. The van der Waals surface area contributed by atoms with Crippen molar-refractivity contribution in [3.63, 3.8) is 0 Å². The van der Waals surface area contributed by atoms with Gasteiger partial charge in [0.05, 0.1) is 25.4 Å². The van der Waals surface area contributed by atoms with Crippen molar-refractivity contribution < 1.29 is 39.8 Å². The topological polar surface area (TPSA) is 149 Å². The number of hydrogen-bond acceptors (Lipinski definition) is 8. The molecule has 1 amide bonds. The van der Waals surface area contributed by atoms with E-state index in [4.69, 9.17) is 9.47 Å². The van der Waals surface area contributed by atoms with Gasteiger partial charge in [-0.1, -0.05) is 253 Å². The van der Waals surface area contributed by atoms with E-state index in [2.05, 4.69) is 92.1 Å². The number of unbranched alkanes of at least 4 members (excludes halogenated alkanes) is 28. The molecular weight excluding hydrogens is 899 g/mol. The second-order valence-corrected chi connectivity index (χ2v) is 20.4. The van der Waals surface area contributed by atoms with Crippen molar-refractivity contribution >= 4 is 5.91 Å². The second-order valence-electron chi connectivity index (χ2n) is 20.4. The lowest BCUT2D eigenvalue weighted by molar-refractivity contribution is -0.302. The van der Waals surface area contributed by atoms with E-state index in [1.807, 2.05) is 6.08 Å². The summed E-state index contributed by atoms with van der Waals surface area (Å²) in [5.41, 5.74) is 0. The number of rotatable bonds is 50. The number of aliphatic hydroxyl groups is 5. The summed E-state index contributed by atoms with van der Waals surface area (Å²) in [7, 11) is 0. The van der Waals surface area contributed by atoms with Crippen LogP contribution in [0, 0.1) is 0 Å². The molecule has 6 N–H and O–H groups in total. The van der Waals surface area contributed by atoms with Gasteiger partial charge in [0, 0.05) is 6.42 Å². The Hall–Kier alpha value is -2.63. The number of ether oxygens (including phenoxy) is 2. The molecule has 0 spiro atoms. The molecule has 0 aromatic carbocycles. The molecule has 7 atom stereocenters. The summed E-state index contributed by atoms with van der Waals surface area (Å²) >= 11 is 0. The molecule has 1 saturated heterocycles. The van der Waals surface area contributed by atoms with Crippen molar-refractivity contribution in [1.82, 2.24) is 5.32 Å². The number of nitrogens with one attached hydrogen (secondary N) is 1. The summed E-state index contributed by atoms with van der Waals surface area (Å²) in [5.74, 6) is -0.207. The van der Waals surface area contributed by atoms with Crippen molar-refractivity contribution in [2.24, 2.45) is 0 Å². The summed E-state index contributed by atoms with van der Waals surface area (Å²) in [6.07, 6.45) is 66.6. The summed E-state index contributed by atoms with van der Waals surface area (Å²) in [4.78, 5) is 13.0. The highest BCUT2D eigenvalue weighted by molar-refractivity contribution is 5.76. The molecule has 9 nitrogen and oxygen atoms in total. The zero-order chi connectivity index (χ0) is 52.2. The summed E-state index contributed by atoms with van der Waals surface area (Å²) in [6, 6.07) is -0.839. The van der Waals surface area contributed by atoms with Crippen LogP contribution in [0.3, 0.4) is 0 Å². The second kappa shape index (κ2) is 51.8. The Morgan fingerprint density at radius 2 is 0.875 bits per heavy atom. The predicted molar refractivity (Wildman–Crippen MR) is 304 cm³/mol. The van der Waals surface area contributed by atoms with Crippen LogP contribution >= 0.6 is 0 Å².